The molecule has 0 saturated carbocycles. The first kappa shape index (κ1) is 21.5. The van der Waals surface area contributed by atoms with Crippen molar-refractivity contribution in [1.29, 1.82) is 0 Å². The number of rotatable bonds is 10. The van der Waals surface area contributed by atoms with E-state index in [9.17, 15) is 19.2 Å². The number of benzene rings is 1. The second kappa shape index (κ2) is 9.81. The molecule has 8 nitrogen and oxygen atoms in total. The summed E-state index contributed by atoms with van der Waals surface area (Å²) in [5.74, 6) is -3.90. The van der Waals surface area contributed by atoms with Gasteiger partial charge in [-0.1, -0.05) is 19.1 Å². The monoisotopic (exact) mass is 382 g/mol. The van der Waals surface area contributed by atoms with Crippen molar-refractivity contribution in [3.8, 4) is 0 Å². The number of primary amides is 1. The minimum atomic E-state index is -1.22. The maximum Gasteiger partial charge on any atom is 0.335 e. The van der Waals surface area contributed by atoms with Gasteiger partial charge in [0.05, 0.1) is 17.9 Å². The van der Waals surface area contributed by atoms with Crippen LogP contribution in [0.3, 0.4) is 0 Å². The molecule has 0 heterocycles. The van der Waals surface area contributed by atoms with Gasteiger partial charge in [-0.3, -0.25) is 14.4 Å². The van der Waals surface area contributed by atoms with Crippen LogP contribution in [0.2, 0.25) is 0 Å². The van der Waals surface area contributed by atoms with Gasteiger partial charge in [0.1, 0.15) is 6.04 Å². The van der Waals surface area contributed by atoms with E-state index >= 15 is 0 Å². The summed E-state index contributed by atoms with van der Waals surface area (Å²) in [4.78, 5) is 47.5. The van der Waals surface area contributed by atoms with Gasteiger partial charge >= 0.3 is 11.9 Å². The van der Waals surface area contributed by atoms with Crippen LogP contribution < -0.4 is 5.73 Å². The molecule has 0 fully saturated rings. The van der Waals surface area contributed by atoms with E-state index in [0.29, 0.717) is 6.42 Å². The number of carbonyl (C=O) groups excluding carboxylic acids is 2. The van der Waals surface area contributed by atoms with Gasteiger partial charge in [-0.05, 0) is 30.4 Å². The van der Waals surface area contributed by atoms with Gasteiger partial charge in [0.25, 0.3) is 0 Å². The number of aromatic carboxylic acids is 1. The van der Waals surface area contributed by atoms with Gasteiger partial charge in [-0.2, -0.15) is 0 Å². The molecule has 0 aliphatic heterocycles. The first-order chi connectivity index (χ1) is 12.2. The number of nitrogens with zero attached hydrogens (tertiary/aromatic N) is 1. The van der Waals surface area contributed by atoms with Crippen LogP contribution >= 0.6 is 11.8 Å². The van der Waals surface area contributed by atoms with E-state index in [1.807, 2.05) is 0 Å². The van der Waals surface area contributed by atoms with Gasteiger partial charge < -0.3 is 20.8 Å². The molecule has 0 bridgehead atoms. The number of hydrogen-bond acceptors (Lipinski definition) is 5. The maximum absolute atomic E-state index is 12.8. The van der Waals surface area contributed by atoms with E-state index in [4.69, 9.17) is 15.9 Å². The highest BCUT2D eigenvalue weighted by atomic mass is 32.2. The highest BCUT2D eigenvalue weighted by molar-refractivity contribution is 7.98. The molecule has 0 aliphatic carbocycles. The van der Waals surface area contributed by atoms with E-state index in [1.54, 1.807) is 25.3 Å². The average Bonchev–Trinajstić information content (AvgIpc) is 2.57. The van der Waals surface area contributed by atoms with Crippen molar-refractivity contribution in [2.24, 2.45) is 11.7 Å². The third-order valence-corrected chi connectivity index (χ3v) is 4.32. The fourth-order valence-electron chi connectivity index (χ4n) is 2.48. The fraction of sp³-hybridized carbons (Fsp3) is 0.412. The summed E-state index contributed by atoms with van der Waals surface area (Å²) in [6.07, 6.45) is 1.50. The van der Waals surface area contributed by atoms with E-state index in [-0.39, 0.29) is 17.3 Å². The second-order valence-electron chi connectivity index (χ2n) is 5.85. The van der Waals surface area contributed by atoms with Crippen LogP contribution in [-0.4, -0.2) is 57.0 Å². The molecule has 0 aliphatic rings. The second-order valence-corrected chi connectivity index (χ2v) is 6.68. The Hall–Kier alpha value is -2.55. The van der Waals surface area contributed by atoms with Gasteiger partial charge in [0.15, 0.2) is 0 Å². The molecule has 9 heteroatoms. The minimum absolute atomic E-state index is 0.141. The lowest BCUT2D eigenvalue weighted by atomic mass is 9.98. The van der Waals surface area contributed by atoms with Crippen molar-refractivity contribution < 1.29 is 29.4 Å². The topological polar surface area (TPSA) is 138 Å². The third kappa shape index (κ3) is 6.07. The molecule has 0 unspecified atom stereocenters. The smallest absolute Gasteiger partial charge is 0.335 e. The van der Waals surface area contributed by atoms with Gasteiger partial charge in [-0.25, -0.2) is 4.79 Å². The number of thioether (sulfide) groups is 1. The summed E-state index contributed by atoms with van der Waals surface area (Å²) in [6.45, 7) is 1.67. The summed E-state index contributed by atoms with van der Waals surface area (Å²) in [5, 5.41) is 17.9. The maximum atomic E-state index is 12.8. The van der Waals surface area contributed by atoms with Gasteiger partial charge in [0.2, 0.25) is 11.8 Å². The lowest BCUT2D eigenvalue weighted by molar-refractivity contribution is -0.146. The van der Waals surface area contributed by atoms with E-state index in [0.717, 1.165) is 5.56 Å². The molecular formula is C17H22N2O6S. The molecule has 0 aromatic heterocycles. The molecule has 2 atom stereocenters. The Morgan fingerprint density at radius 2 is 1.73 bits per heavy atom. The van der Waals surface area contributed by atoms with Crippen LogP contribution in [0.25, 0.3) is 0 Å². The predicted molar refractivity (Wildman–Crippen MR) is 96.7 cm³/mol. The zero-order chi connectivity index (χ0) is 19.9. The number of aliphatic carboxylic acids is 1. The first-order valence-electron chi connectivity index (χ1n) is 7.80. The van der Waals surface area contributed by atoms with Crippen molar-refractivity contribution in [1.82, 2.24) is 4.90 Å². The molecule has 26 heavy (non-hydrogen) atoms. The van der Waals surface area contributed by atoms with E-state index in [1.165, 1.54) is 28.8 Å². The predicted octanol–water partition coefficient (Wildman–Crippen LogP) is 1.04. The van der Waals surface area contributed by atoms with Crippen LogP contribution in [0.15, 0.2) is 24.3 Å². The van der Waals surface area contributed by atoms with Crippen LogP contribution in [0.1, 0.15) is 29.3 Å². The van der Waals surface area contributed by atoms with Crippen molar-refractivity contribution in [3.05, 3.63) is 35.4 Å². The largest absolute Gasteiger partial charge is 0.481 e. The van der Waals surface area contributed by atoms with Crippen LogP contribution in [-0.2, 0) is 20.8 Å². The lowest BCUT2D eigenvalue weighted by Gasteiger charge is -2.30. The van der Waals surface area contributed by atoms with E-state index < -0.39 is 36.2 Å². The molecule has 0 radical (unpaired) electrons. The molecule has 0 saturated heterocycles. The Bertz CT molecular complexity index is 676. The molecule has 4 N–H and O–H groups in total. The van der Waals surface area contributed by atoms with Crippen LogP contribution in [0.5, 0.6) is 0 Å². The van der Waals surface area contributed by atoms with Gasteiger partial charge in [0, 0.05) is 5.92 Å². The molecule has 142 valence electrons. The fourth-order valence-corrected chi connectivity index (χ4v) is 3.07. The molecule has 1 aromatic rings. The summed E-state index contributed by atoms with van der Waals surface area (Å²) < 4.78 is 0. The number of carboxylic acids is 2. The van der Waals surface area contributed by atoms with E-state index in [2.05, 4.69) is 0 Å². The number of amides is 2. The zero-order valence-corrected chi connectivity index (χ0v) is 15.4. The Morgan fingerprint density at radius 3 is 2.15 bits per heavy atom. The molecule has 2 amide bonds. The van der Waals surface area contributed by atoms with Crippen LogP contribution in [0, 0.1) is 5.92 Å². The molecular weight excluding hydrogens is 360 g/mol. The summed E-state index contributed by atoms with van der Waals surface area (Å²) in [5.41, 5.74) is 6.19. The van der Waals surface area contributed by atoms with Crippen molar-refractivity contribution >= 4 is 35.5 Å². The van der Waals surface area contributed by atoms with Crippen molar-refractivity contribution in [2.75, 3.05) is 12.1 Å². The first-order valence-corrected chi connectivity index (χ1v) is 9.19. The Kier molecular flexibility index (Phi) is 8.11. The summed E-state index contributed by atoms with van der Waals surface area (Å²) >= 11 is 1.28. The standard InChI is InChI=1S/C17H22N2O6S/c1-10(7-11-3-5-12(6-4-11)17(24)25)16(23)19(9-26-2)13(15(18)22)8-14(20)21/h3-6,10,13H,7-9H2,1-2H3,(H2,18,22)(H,20,21)(H,24,25)/t10-,13-/m0/s1. The van der Waals surface area contributed by atoms with Gasteiger partial charge in [-0.15, -0.1) is 11.8 Å². The highest BCUT2D eigenvalue weighted by Crippen LogP contribution is 2.18. The zero-order valence-electron chi connectivity index (χ0n) is 14.5. The average molecular weight is 382 g/mol. The normalized spacial score (nSPS) is 12.8. The number of carboxylic acid groups (broad SMARTS) is 2. The Balaban J connectivity index is 2.93. The molecule has 1 aromatic carbocycles. The van der Waals surface area contributed by atoms with Crippen molar-refractivity contribution in [3.63, 3.8) is 0 Å². The van der Waals surface area contributed by atoms with Crippen LogP contribution in [0.4, 0.5) is 0 Å². The Labute approximate surface area is 155 Å². The SMILES string of the molecule is CSCN(C(=O)[C@@H](C)Cc1ccc(C(=O)O)cc1)[C@@H](CC(=O)O)C(N)=O. The van der Waals surface area contributed by atoms with Crippen molar-refractivity contribution in [2.45, 2.75) is 25.8 Å². The summed E-state index contributed by atoms with van der Waals surface area (Å²) in [6, 6.07) is 4.92. The third-order valence-electron chi connectivity index (χ3n) is 3.79. The summed E-state index contributed by atoms with van der Waals surface area (Å²) in [7, 11) is 0. The number of hydrogen-bond donors (Lipinski definition) is 3. The molecule has 0 spiro atoms. The Morgan fingerprint density at radius 1 is 1.15 bits per heavy atom. The number of carbonyl (C=O) groups is 4. The quantitative estimate of drug-likeness (QED) is 0.514. The number of nitrogens with two attached hydrogens (primary N) is 1. The lowest BCUT2D eigenvalue weighted by Crippen LogP contribution is -2.50. The highest BCUT2D eigenvalue weighted by Gasteiger charge is 2.32. The molecule has 1 rings (SSSR count). The minimum Gasteiger partial charge on any atom is -0.481 e.